The van der Waals surface area contributed by atoms with Crippen molar-refractivity contribution in [1.82, 2.24) is 19.3 Å². The predicted octanol–water partition coefficient (Wildman–Crippen LogP) is 0.0996. The molecule has 1 aromatic carbocycles. The van der Waals surface area contributed by atoms with E-state index in [-0.39, 0.29) is 52.9 Å². The molecule has 0 fully saturated rings. The van der Waals surface area contributed by atoms with E-state index >= 15 is 0 Å². The van der Waals surface area contributed by atoms with E-state index in [0.29, 0.717) is 0 Å². The van der Waals surface area contributed by atoms with Gasteiger partial charge in [-0.1, -0.05) is 0 Å². The smallest absolute Gasteiger partial charge is 0.262 e. The first-order valence-corrected chi connectivity index (χ1v) is 11.2. The van der Waals surface area contributed by atoms with Gasteiger partial charge in [0.15, 0.2) is 11.5 Å². The zero-order chi connectivity index (χ0) is 23.5. The van der Waals surface area contributed by atoms with Crippen LogP contribution >= 0.6 is 0 Å². The highest BCUT2D eigenvalue weighted by molar-refractivity contribution is 7.88. The number of fused-ring (bicyclic) bond motifs is 1. The van der Waals surface area contributed by atoms with Crippen molar-refractivity contribution >= 4 is 38.6 Å². The number of amides is 1. The first-order valence-electron chi connectivity index (χ1n) is 9.28. The number of benzene rings is 1. The highest BCUT2D eigenvalue weighted by atomic mass is 32.2. The van der Waals surface area contributed by atoms with Crippen LogP contribution in [-0.4, -0.2) is 55.4 Å². The summed E-state index contributed by atoms with van der Waals surface area (Å²) < 4.78 is 36.8. The van der Waals surface area contributed by atoms with Crippen molar-refractivity contribution in [3.63, 3.8) is 0 Å². The van der Waals surface area contributed by atoms with Gasteiger partial charge in [0.2, 0.25) is 16.0 Å². The van der Waals surface area contributed by atoms with Gasteiger partial charge in [-0.3, -0.25) is 19.5 Å². The number of nitrogen functional groups attached to an aromatic ring is 1. The topological polar surface area (TPSA) is 168 Å². The van der Waals surface area contributed by atoms with Crippen LogP contribution in [0.2, 0.25) is 0 Å². The van der Waals surface area contributed by atoms with Crippen LogP contribution in [0.4, 0.5) is 11.8 Å². The Kier molecular flexibility index (Phi) is 6.60. The molecule has 2 aromatic heterocycles. The molecule has 0 aliphatic carbocycles. The molecule has 0 saturated heterocycles. The van der Waals surface area contributed by atoms with Crippen LogP contribution in [-0.2, 0) is 17.1 Å². The molecule has 170 valence electrons. The second-order valence-corrected chi connectivity index (χ2v) is 8.57. The number of pyridine rings is 1. The van der Waals surface area contributed by atoms with Gasteiger partial charge in [-0.15, -0.1) is 0 Å². The minimum Gasteiger partial charge on any atom is -0.491 e. The van der Waals surface area contributed by atoms with E-state index < -0.39 is 21.5 Å². The van der Waals surface area contributed by atoms with E-state index in [2.05, 4.69) is 20.0 Å². The Morgan fingerprint density at radius 1 is 1.25 bits per heavy atom. The highest BCUT2D eigenvalue weighted by Gasteiger charge is 2.18. The van der Waals surface area contributed by atoms with Gasteiger partial charge in [0.1, 0.15) is 17.9 Å². The van der Waals surface area contributed by atoms with Crippen molar-refractivity contribution in [1.29, 1.82) is 0 Å². The fourth-order valence-corrected chi connectivity index (χ4v) is 3.27. The number of nitrogens with zero attached hydrogens (tertiary/aromatic N) is 3. The van der Waals surface area contributed by atoms with Gasteiger partial charge >= 0.3 is 0 Å². The van der Waals surface area contributed by atoms with E-state index in [1.54, 1.807) is 0 Å². The van der Waals surface area contributed by atoms with Gasteiger partial charge < -0.3 is 15.2 Å². The molecule has 0 unspecified atom stereocenters. The molecule has 4 N–H and O–H groups in total. The molecule has 0 spiro atoms. The van der Waals surface area contributed by atoms with E-state index in [0.717, 1.165) is 6.26 Å². The molecule has 2 heterocycles. The number of ether oxygens (including phenoxy) is 2. The maximum absolute atomic E-state index is 12.8. The lowest BCUT2D eigenvalue weighted by molar-refractivity contribution is 0.102. The fourth-order valence-electron chi connectivity index (χ4n) is 2.82. The number of hydrogen-bond acceptors (Lipinski definition) is 9. The highest BCUT2D eigenvalue weighted by Crippen LogP contribution is 2.33. The molecular formula is C19H22N6O6S. The average Bonchev–Trinajstić information content (AvgIpc) is 2.74. The van der Waals surface area contributed by atoms with Crippen molar-refractivity contribution in [3.05, 3.63) is 46.4 Å². The molecule has 0 aliphatic rings. The van der Waals surface area contributed by atoms with Crippen molar-refractivity contribution in [2.24, 2.45) is 7.05 Å². The van der Waals surface area contributed by atoms with Crippen LogP contribution in [0.1, 0.15) is 10.4 Å². The number of hydrogen-bond donors (Lipinski definition) is 3. The first-order chi connectivity index (χ1) is 15.1. The fraction of sp³-hybridized carbons (Fsp3) is 0.263. The van der Waals surface area contributed by atoms with Gasteiger partial charge in [-0.25, -0.2) is 23.1 Å². The zero-order valence-corrected chi connectivity index (χ0v) is 18.4. The predicted molar refractivity (Wildman–Crippen MR) is 118 cm³/mol. The van der Waals surface area contributed by atoms with Crippen LogP contribution in [0.5, 0.6) is 11.5 Å². The zero-order valence-electron chi connectivity index (χ0n) is 17.6. The SMILES string of the molecule is COc1c(OCCNS(C)(=O)=O)ccc2c(=O)n(C)c(NC(=O)c3ccc(N)nc3)nc12. The van der Waals surface area contributed by atoms with E-state index in [1.807, 2.05) is 0 Å². The molecule has 1 amide bonds. The third-order valence-corrected chi connectivity index (χ3v) is 5.10. The van der Waals surface area contributed by atoms with Crippen molar-refractivity contribution < 1.29 is 22.7 Å². The Morgan fingerprint density at radius 2 is 2.00 bits per heavy atom. The van der Waals surface area contributed by atoms with Crippen molar-refractivity contribution in [3.8, 4) is 11.5 Å². The molecular weight excluding hydrogens is 440 g/mol. The third kappa shape index (κ3) is 5.12. The number of nitrogens with two attached hydrogens (primary N) is 1. The van der Waals surface area contributed by atoms with Gasteiger partial charge in [-0.2, -0.15) is 0 Å². The molecule has 0 aliphatic heterocycles. The molecule has 13 heteroatoms. The Labute approximate surface area is 183 Å². The number of anilines is 2. The van der Waals surface area contributed by atoms with Crippen molar-refractivity contribution in [2.45, 2.75) is 0 Å². The number of aromatic nitrogens is 3. The standard InChI is InChI=1S/C19H22N6O6S/c1-25-18(27)12-5-6-13(31-9-8-22-32(3,28)29)16(30-2)15(12)23-19(25)24-17(26)11-4-7-14(20)21-10-11/h4-7,10,22H,8-9H2,1-3H3,(H2,20,21)(H,23,24,26). The molecule has 0 bridgehead atoms. The summed E-state index contributed by atoms with van der Waals surface area (Å²) in [6, 6.07) is 6.02. The molecule has 0 radical (unpaired) electrons. The number of methoxy groups -OCH3 is 1. The van der Waals surface area contributed by atoms with Crippen LogP contribution in [0, 0.1) is 0 Å². The second-order valence-electron chi connectivity index (χ2n) is 6.73. The second kappa shape index (κ2) is 9.20. The summed E-state index contributed by atoms with van der Waals surface area (Å²) in [4.78, 5) is 33.6. The Balaban J connectivity index is 1.94. The first kappa shape index (κ1) is 23.0. The molecule has 12 nitrogen and oxygen atoms in total. The number of nitrogens with one attached hydrogen (secondary N) is 2. The molecule has 0 saturated carbocycles. The van der Waals surface area contributed by atoms with E-state index in [4.69, 9.17) is 15.2 Å². The average molecular weight is 462 g/mol. The summed E-state index contributed by atoms with van der Waals surface area (Å²) in [5.41, 5.74) is 5.53. The third-order valence-electron chi connectivity index (χ3n) is 4.37. The summed E-state index contributed by atoms with van der Waals surface area (Å²) in [6.07, 6.45) is 2.35. The molecule has 3 rings (SSSR count). The normalized spacial score (nSPS) is 11.3. The van der Waals surface area contributed by atoms with Crippen LogP contribution < -0.4 is 30.8 Å². The van der Waals surface area contributed by atoms with E-state index in [9.17, 15) is 18.0 Å². The van der Waals surface area contributed by atoms with Crippen LogP contribution in [0.25, 0.3) is 10.9 Å². The minimum atomic E-state index is -3.35. The van der Waals surface area contributed by atoms with Crippen LogP contribution in [0.3, 0.4) is 0 Å². The summed E-state index contributed by atoms with van der Waals surface area (Å²) in [5, 5.41) is 2.83. The maximum atomic E-state index is 12.8. The largest absolute Gasteiger partial charge is 0.491 e. The Morgan fingerprint density at radius 3 is 2.62 bits per heavy atom. The number of rotatable bonds is 8. The van der Waals surface area contributed by atoms with Crippen LogP contribution in [0.15, 0.2) is 35.3 Å². The van der Waals surface area contributed by atoms with Gasteiger partial charge in [0.05, 0.1) is 24.3 Å². The number of carbonyl (C=O) groups is 1. The monoisotopic (exact) mass is 462 g/mol. The van der Waals surface area contributed by atoms with E-state index in [1.165, 1.54) is 49.2 Å². The molecule has 0 atom stereocenters. The summed E-state index contributed by atoms with van der Waals surface area (Å²) >= 11 is 0. The molecule has 32 heavy (non-hydrogen) atoms. The lowest BCUT2D eigenvalue weighted by Crippen LogP contribution is -2.27. The maximum Gasteiger partial charge on any atom is 0.262 e. The van der Waals surface area contributed by atoms with Gasteiger partial charge in [0, 0.05) is 19.8 Å². The lowest BCUT2D eigenvalue weighted by Gasteiger charge is -2.15. The van der Waals surface area contributed by atoms with Gasteiger partial charge in [-0.05, 0) is 24.3 Å². The number of sulfonamides is 1. The minimum absolute atomic E-state index is 0.0153. The Hall–Kier alpha value is -3.71. The lowest BCUT2D eigenvalue weighted by atomic mass is 10.2. The summed E-state index contributed by atoms with van der Waals surface area (Å²) in [5.74, 6) is 0.151. The summed E-state index contributed by atoms with van der Waals surface area (Å²) in [6.45, 7) is 0.0639. The quantitative estimate of drug-likeness (QED) is 0.393. The van der Waals surface area contributed by atoms with Crippen molar-refractivity contribution in [2.75, 3.05) is 37.6 Å². The Bertz CT molecular complexity index is 1320. The van der Waals surface area contributed by atoms with Gasteiger partial charge in [0.25, 0.3) is 11.5 Å². The summed E-state index contributed by atoms with van der Waals surface area (Å²) in [7, 11) is -0.497. The number of carbonyl (C=O) groups excluding carboxylic acids is 1. The molecule has 3 aromatic rings.